The number of benzene rings is 2. The van der Waals surface area contributed by atoms with Crippen molar-refractivity contribution in [1.82, 2.24) is 4.98 Å². The molecule has 1 aliphatic heterocycles. The van der Waals surface area contributed by atoms with Crippen LogP contribution < -0.4 is 15.0 Å². The minimum Gasteiger partial charge on any atom is -0.420 e. The van der Waals surface area contributed by atoms with Gasteiger partial charge in [-0.15, -0.1) is 8.78 Å². The third kappa shape index (κ3) is 5.66. The van der Waals surface area contributed by atoms with Crippen molar-refractivity contribution in [3.63, 3.8) is 0 Å². The number of hydrogen-bond acceptors (Lipinski definition) is 7. The predicted octanol–water partition coefficient (Wildman–Crippen LogP) is 3.58. The molecule has 11 heteroatoms. The van der Waals surface area contributed by atoms with E-state index < -0.39 is 23.7 Å². The van der Waals surface area contributed by atoms with Gasteiger partial charge in [0.1, 0.15) is 5.75 Å². The summed E-state index contributed by atoms with van der Waals surface area (Å²) in [4.78, 5) is 18.8. The van der Waals surface area contributed by atoms with Crippen LogP contribution in [0.5, 0.6) is 5.75 Å². The van der Waals surface area contributed by atoms with Gasteiger partial charge in [-0.25, -0.2) is 0 Å². The van der Waals surface area contributed by atoms with Crippen LogP contribution in [0.4, 0.5) is 20.2 Å². The molecule has 8 nitrogen and oxygen atoms in total. The molecular formula is C24H19ClF2N4O4. The fourth-order valence-electron chi connectivity index (χ4n) is 3.78. The lowest BCUT2D eigenvalue weighted by Crippen LogP contribution is -2.22. The fraction of sp³-hybridized carbons (Fsp3) is 0.208. The van der Waals surface area contributed by atoms with Crippen LogP contribution in [-0.4, -0.2) is 52.0 Å². The maximum absolute atomic E-state index is 12.9. The van der Waals surface area contributed by atoms with Crippen molar-refractivity contribution < 1.29 is 28.5 Å². The van der Waals surface area contributed by atoms with Crippen molar-refractivity contribution in [2.45, 2.75) is 17.8 Å². The molecule has 1 amide bonds. The Balaban J connectivity index is 1.65. The average Bonchev–Trinajstić information content (AvgIpc) is 3.16. The molecule has 0 aliphatic carbocycles. The molecule has 1 aromatic heterocycles. The maximum atomic E-state index is 12.9. The molecule has 0 unspecified atom stereocenters. The van der Waals surface area contributed by atoms with Gasteiger partial charge in [0.15, 0.2) is 0 Å². The summed E-state index contributed by atoms with van der Waals surface area (Å²) in [6.45, 7) is 0.356. The summed E-state index contributed by atoms with van der Waals surface area (Å²) in [6.07, 6.45) is 1.13. The highest BCUT2D eigenvalue weighted by molar-refractivity contribution is 6.20. The first-order valence-electron chi connectivity index (χ1n) is 10.4. The zero-order valence-corrected chi connectivity index (χ0v) is 18.8. The van der Waals surface area contributed by atoms with E-state index in [4.69, 9.17) is 11.6 Å². The molecule has 35 heavy (non-hydrogen) atoms. The number of rotatable bonds is 6. The van der Waals surface area contributed by atoms with E-state index in [0.29, 0.717) is 28.1 Å². The third-order valence-electron chi connectivity index (χ3n) is 5.44. The van der Waals surface area contributed by atoms with Gasteiger partial charge in [0.2, 0.25) is 0 Å². The fourth-order valence-corrected chi connectivity index (χ4v) is 3.87. The monoisotopic (exact) mass is 500 g/mol. The van der Waals surface area contributed by atoms with Crippen LogP contribution in [0.2, 0.25) is 0 Å². The predicted molar refractivity (Wildman–Crippen MR) is 124 cm³/mol. The summed E-state index contributed by atoms with van der Waals surface area (Å²) in [5.41, 5.74) is -1.30. The normalized spacial score (nSPS) is 17.7. The smallest absolute Gasteiger partial charge is 0.420 e. The highest BCUT2D eigenvalue weighted by atomic mass is 35.5. The number of carbonyl (C=O) groups excluding carboxylic acids is 1. The van der Waals surface area contributed by atoms with Gasteiger partial charge in [-0.1, -0.05) is 0 Å². The number of aliphatic hydroxyl groups is 2. The quantitative estimate of drug-likeness (QED) is 0.443. The van der Waals surface area contributed by atoms with E-state index in [1.54, 1.807) is 29.2 Å². The molecule has 2 heterocycles. The highest BCUT2D eigenvalue weighted by Crippen LogP contribution is 2.35. The Labute approximate surface area is 204 Å². The Morgan fingerprint density at radius 3 is 2.46 bits per heavy atom. The Bertz CT molecular complexity index is 1270. The molecule has 1 saturated heterocycles. The topological polar surface area (TPSA) is 119 Å². The van der Waals surface area contributed by atoms with Crippen LogP contribution >= 0.6 is 11.6 Å². The van der Waals surface area contributed by atoms with Crippen LogP contribution in [0.15, 0.2) is 60.9 Å². The SMILES string of the molecule is N#Cc1ccncc1-c1cc(C(=O)Nc2ccc(OC(F)(F)Cl)cc2)ccc1N1C[C@H](O)[C@@H](O)C1. The third-order valence-corrected chi connectivity index (χ3v) is 5.51. The summed E-state index contributed by atoms with van der Waals surface area (Å²) in [5.74, 6) is -0.664. The molecule has 0 spiro atoms. The average molecular weight is 501 g/mol. The van der Waals surface area contributed by atoms with Gasteiger partial charge < -0.3 is 25.2 Å². The van der Waals surface area contributed by atoms with Crippen molar-refractivity contribution in [2.75, 3.05) is 23.3 Å². The Morgan fingerprint density at radius 2 is 1.83 bits per heavy atom. The van der Waals surface area contributed by atoms with E-state index in [0.717, 1.165) is 0 Å². The Morgan fingerprint density at radius 1 is 1.14 bits per heavy atom. The standard InChI is InChI=1S/C24H19ClF2N4O4/c25-24(26,27)35-17-4-2-16(3-5-17)30-23(34)14-1-6-20(31-12-21(32)22(33)13-31)18(9-14)19-11-29-8-7-15(19)10-28/h1-9,11,21-22,32-33H,12-13H2,(H,30,34)/t21-,22-/m0/s1. The van der Waals surface area contributed by atoms with E-state index in [-0.39, 0.29) is 24.4 Å². The van der Waals surface area contributed by atoms with Gasteiger partial charge in [-0.3, -0.25) is 9.78 Å². The number of anilines is 2. The Hall–Kier alpha value is -3.78. The molecule has 1 fully saturated rings. The lowest BCUT2D eigenvalue weighted by Gasteiger charge is -2.22. The second-order valence-corrected chi connectivity index (χ2v) is 8.27. The zero-order valence-electron chi connectivity index (χ0n) is 18.0. The number of aromatic nitrogens is 1. The van der Waals surface area contributed by atoms with Gasteiger partial charge >= 0.3 is 5.57 Å². The van der Waals surface area contributed by atoms with Crippen LogP contribution in [-0.2, 0) is 0 Å². The van der Waals surface area contributed by atoms with Gasteiger partial charge in [-0.2, -0.15) is 5.26 Å². The van der Waals surface area contributed by atoms with Crippen molar-refractivity contribution in [3.05, 3.63) is 72.1 Å². The number of ether oxygens (including phenoxy) is 1. The molecular weight excluding hydrogens is 482 g/mol. The summed E-state index contributed by atoms with van der Waals surface area (Å²) in [5, 5.41) is 32.2. The number of alkyl halides is 3. The molecule has 0 bridgehead atoms. The number of nitriles is 1. The van der Waals surface area contributed by atoms with E-state index in [1.165, 1.54) is 36.7 Å². The van der Waals surface area contributed by atoms with Gasteiger partial charge in [0, 0.05) is 65.1 Å². The van der Waals surface area contributed by atoms with Crippen molar-refractivity contribution in [1.29, 1.82) is 5.26 Å². The number of carbonyl (C=O) groups is 1. The van der Waals surface area contributed by atoms with Gasteiger partial charge in [0.05, 0.1) is 23.8 Å². The van der Waals surface area contributed by atoms with Crippen molar-refractivity contribution in [3.8, 4) is 22.9 Å². The Kier molecular flexibility index (Phi) is 6.84. The molecule has 4 rings (SSSR count). The molecule has 2 aromatic carbocycles. The van der Waals surface area contributed by atoms with E-state index >= 15 is 0 Å². The van der Waals surface area contributed by atoms with Gasteiger partial charge in [0.25, 0.3) is 5.91 Å². The minimum absolute atomic E-state index is 0.176. The molecule has 0 saturated carbocycles. The van der Waals surface area contributed by atoms with E-state index in [9.17, 15) is 29.1 Å². The first kappa shape index (κ1) is 24.3. The number of aliphatic hydroxyl groups excluding tert-OH is 2. The lowest BCUT2D eigenvalue weighted by molar-refractivity contribution is -0.0964. The maximum Gasteiger partial charge on any atom is 0.487 e. The number of β-amino-alcohol motifs (C(OH)–C–C–N with tert-alkyl or cyclic N) is 2. The number of nitrogens with one attached hydrogen (secondary N) is 1. The van der Waals surface area contributed by atoms with Gasteiger partial charge in [-0.05, 0) is 48.5 Å². The van der Waals surface area contributed by atoms with Crippen LogP contribution in [0.25, 0.3) is 11.1 Å². The number of halogens is 3. The second-order valence-electron chi connectivity index (χ2n) is 7.83. The summed E-state index contributed by atoms with van der Waals surface area (Å²) in [7, 11) is 0. The molecule has 180 valence electrons. The molecule has 3 aromatic rings. The minimum atomic E-state index is -3.85. The summed E-state index contributed by atoms with van der Waals surface area (Å²) < 4.78 is 29.8. The van der Waals surface area contributed by atoms with E-state index in [1.807, 2.05) is 0 Å². The zero-order chi connectivity index (χ0) is 25.2. The number of pyridine rings is 1. The van der Waals surface area contributed by atoms with Crippen LogP contribution in [0.1, 0.15) is 15.9 Å². The number of amides is 1. The number of hydrogen-bond donors (Lipinski definition) is 3. The lowest BCUT2D eigenvalue weighted by atomic mass is 9.97. The molecule has 1 aliphatic rings. The molecule has 2 atom stereocenters. The van der Waals surface area contributed by atoms with E-state index in [2.05, 4.69) is 21.1 Å². The summed E-state index contributed by atoms with van der Waals surface area (Å²) in [6, 6.07) is 13.7. The van der Waals surface area contributed by atoms with Crippen molar-refractivity contribution >= 4 is 28.9 Å². The largest absolute Gasteiger partial charge is 0.487 e. The summed E-state index contributed by atoms with van der Waals surface area (Å²) >= 11 is 4.75. The second kappa shape index (κ2) is 9.84. The first-order valence-corrected chi connectivity index (χ1v) is 10.8. The van der Waals surface area contributed by atoms with Crippen LogP contribution in [0.3, 0.4) is 0 Å². The molecule has 3 N–H and O–H groups in total. The van der Waals surface area contributed by atoms with Crippen LogP contribution in [0, 0.1) is 11.3 Å². The van der Waals surface area contributed by atoms with Crippen molar-refractivity contribution in [2.24, 2.45) is 0 Å². The first-order chi connectivity index (χ1) is 16.6. The molecule has 0 radical (unpaired) electrons. The highest BCUT2D eigenvalue weighted by Gasteiger charge is 2.31. The number of nitrogens with zero attached hydrogens (tertiary/aromatic N) is 3.